The molecule has 124 valence electrons. The van der Waals surface area contributed by atoms with E-state index < -0.39 is 5.41 Å². The van der Waals surface area contributed by atoms with Gasteiger partial charge in [-0.2, -0.15) is 0 Å². The number of carbonyl (C=O) groups excluding carboxylic acids is 2. The fourth-order valence-corrected chi connectivity index (χ4v) is 3.42. The molecule has 0 saturated heterocycles. The zero-order valence-corrected chi connectivity index (χ0v) is 14.0. The van der Waals surface area contributed by atoms with E-state index in [0.29, 0.717) is 23.6 Å². The monoisotopic (exact) mass is 334 g/mol. The third-order valence-corrected chi connectivity index (χ3v) is 5.26. The number of para-hydroxylation sites is 1. The zero-order chi connectivity index (χ0) is 16.3. The Morgan fingerprint density at radius 1 is 1.00 bits per heavy atom. The quantitative estimate of drug-likeness (QED) is 0.648. The van der Waals surface area contributed by atoms with Crippen molar-refractivity contribution in [1.82, 2.24) is 5.32 Å². The smallest absolute Gasteiger partial charge is 0.240 e. The molecule has 2 aliphatic carbocycles. The number of carbonyl (C=O) groups is 2. The summed E-state index contributed by atoms with van der Waals surface area (Å²) in [4.78, 5) is 25.2. The lowest BCUT2D eigenvalue weighted by molar-refractivity contribution is -0.134. The van der Waals surface area contributed by atoms with Crippen LogP contribution in [0.2, 0.25) is 5.02 Å². The van der Waals surface area contributed by atoms with E-state index in [1.165, 1.54) is 12.8 Å². The fraction of sp³-hybridized carbons (Fsp3) is 0.556. The van der Waals surface area contributed by atoms with Crippen molar-refractivity contribution < 1.29 is 9.59 Å². The maximum Gasteiger partial charge on any atom is 0.240 e. The maximum absolute atomic E-state index is 12.6. The third kappa shape index (κ3) is 3.69. The first-order chi connectivity index (χ1) is 11.1. The Kier molecular flexibility index (Phi) is 4.90. The molecule has 0 bridgehead atoms. The largest absolute Gasteiger partial charge is 0.352 e. The second-order valence-corrected chi connectivity index (χ2v) is 7.09. The minimum Gasteiger partial charge on any atom is -0.352 e. The van der Waals surface area contributed by atoms with E-state index in [0.717, 1.165) is 25.7 Å². The van der Waals surface area contributed by atoms with E-state index >= 15 is 0 Å². The number of nitrogens with one attached hydrogen (secondary N) is 2. The van der Waals surface area contributed by atoms with Crippen LogP contribution in [0, 0.1) is 5.41 Å². The Hall–Kier alpha value is -1.55. The molecule has 5 heteroatoms. The van der Waals surface area contributed by atoms with E-state index in [9.17, 15) is 9.59 Å². The molecule has 2 saturated carbocycles. The van der Waals surface area contributed by atoms with Crippen molar-refractivity contribution in [3.8, 4) is 0 Å². The summed E-state index contributed by atoms with van der Waals surface area (Å²) >= 11 is 6.08. The highest BCUT2D eigenvalue weighted by Crippen LogP contribution is 2.47. The summed E-state index contributed by atoms with van der Waals surface area (Å²) in [6, 6.07) is 7.31. The molecule has 0 atom stereocenters. The molecule has 2 N–H and O–H groups in total. The van der Waals surface area contributed by atoms with Crippen molar-refractivity contribution in [1.29, 1.82) is 0 Å². The average molecular weight is 335 g/mol. The average Bonchev–Trinajstić information content (AvgIpc) is 3.34. The second kappa shape index (κ2) is 6.91. The minimum atomic E-state index is -0.897. The molecule has 3 rings (SSSR count). The predicted octanol–water partition coefficient (Wildman–Crippen LogP) is 3.90. The van der Waals surface area contributed by atoms with Gasteiger partial charge in [0.15, 0.2) is 0 Å². The molecular weight excluding hydrogens is 312 g/mol. The number of amides is 2. The second-order valence-electron chi connectivity index (χ2n) is 6.68. The van der Waals surface area contributed by atoms with E-state index in [-0.39, 0.29) is 17.9 Å². The molecule has 2 aliphatic rings. The van der Waals surface area contributed by atoms with Gasteiger partial charge < -0.3 is 10.6 Å². The van der Waals surface area contributed by atoms with Crippen molar-refractivity contribution in [2.24, 2.45) is 5.41 Å². The van der Waals surface area contributed by atoms with Gasteiger partial charge in [0.05, 0.1) is 10.7 Å². The summed E-state index contributed by atoms with van der Waals surface area (Å²) in [5, 5.41) is 6.41. The van der Waals surface area contributed by atoms with Crippen LogP contribution >= 0.6 is 11.6 Å². The summed E-state index contributed by atoms with van der Waals surface area (Å²) in [5.41, 5.74) is -0.335. The minimum absolute atomic E-state index is 0.117. The van der Waals surface area contributed by atoms with Gasteiger partial charge in [-0.1, -0.05) is 49.4 Å². The predicted molar refractivity (Wildman–Crippen MR) is 91.4 cm³/mol. The van der Waals surface area contributed by atoms with Gasteiger partial charge >= 0.3 is 0 Å². The molecule has 0 spiro atoms. The van der Waals surface area contributed by atoms with Crippen LogP contribution in [-0.2, 0) is 9.59 Å². The van der Waals surface area contributed by atoms with Crippen LogP contribution in [0.5, 0.6) is 0 Å². The standard InChI is InChI=1S/C18H23ClN2O2/c19-14-9-5-6-10-15(14)21-17(23)18(11-12-18)16(22)20-13-7-3-1-2-4-8-13/h5-6,9-10,13H,1-4,7-8,11-12H2,(H,20,22)(H,21,23). The number of hydrogen-bond acceptors (Lipinski definition) is 2. The van der Waals surface area contributed by atoms with Crippen molar-refractivity contribution in [2.75, 3.05) is 5.32 Å². The first-order valence-electron chi connectivity index (χ1n) is 8.49. The van der Waals surface area contributed by atoms with Gasteiger partial charge in [0.2, 0.25) is 11.8 Å². The molecule has 0 heterocycles. The fourth-order valence-electron chi connectivity index (χ4n) is 3.23. The van der Waals surface area contributed by atoms with Gasteiger partial charge in [-0.05, 0) is 37.8 Å². The van der Waals surface area contributed by atoms with Gasteiger partial charge in [-0.25, -0.2) is 0 Å². The van der Waals surface area contributed by atoms with Gasteiger partial charge in [-0.3, -0.25) is 9.59 Å². The summed E-state index contributed by atoms with van der Waals surface area (Å²) in [6.07, 6.45) is 8.06. The topological polar surface area (TPSA) is 58.2 Å². The first-order valence-corrected chi connectivity index (χ1v) is 8.86. The highest BCUT2D eigenvalue weighted by molar-refractivity contribution is 6.34. The summed E-state index contributed by atoms with van der Waals surface area (Å²) < 4.78 is 0. The van der Waals surface area contributed by atoms with Crippen LogP contribution in [0.15, 0.2) is 24.3 Å². The molecule has 23 heavy (non-hydrogen) atoms. The van der Waals surface area contributed by atoms with Crippen LogP contribution in [0.1, 0.15) is 51.4 Å². The van der Waals surface area contributed by atoms with Gasteiger partial charge in [0, 0.05) is 6.04 Å². The summed E-state index contributed by atoms with van der Waals surface area (Å²) in [5.74, 6) is -0.356. The van der Waals surface area contributed by atoms with E-state index in [2.05, 4.69) is 10.6 Å². The van der Waals surface area contributed by atoms with Crippen LogP contribution in [0.4, 0.5) is 5.69 Å². The van der Waals surface area contributed by atoms with Crippen molar-refractivity contribution in [2.45, 2.75) is 57.4 Å². The Morgan fingerprint density at radius 3 is 2.26 bits per heavy atom. The van der Waals surface area contributed by atoms with Crippen molar-refractivity contribution >= 4 is 29.1 Å². The lowest BCUT2D eigenvalue weighted by atomic mass is 10.0. The molecule has 0 unspecified atom stereocenters. The molecule has 0 aliphatic heterocycles. The lowest BCUT2D eigenvalue weighted by Gasteiger charge is -2.21. The maximum atomic E-state index is 12.6. The number of benzene rings is 1. The van der Waals surface area contributed by atoms with E-state index in [4.69, 9.17) is 11.6 Å². The lowest BCUT2D eigenvalue weighted by Crippen LogP contribution is -2.44. The van der Waals surface area contributed by atoms with Crippen LogP contribution in [-0.4, -0.2) is 17.9 Å². The third-order valence-electron chi connectivity index (χ3n) is 4.93. The normalized spacial score (nSPS) is 20.4. The molecule has 0 aromatic heterocycles. The van der Waals surface area contributed by atoms with Crippen LogP contribution in [0.3, 0.4) is 0 Å². The van der Waals surface area contributed by atoms with E-state index in [1.807, 2.05) is 12.1 Å². The SMILES string of the molecule is O=C(Nc1ccccc1Cl)C1(C(=O)NC2CCCCCC2)CC1. The molecule has 1 aromatic carbocycles. The van der Waals surface area contributed by atoms with E-state index in [1.54, 1.807) is 12.1 Å². The molecule has 2 fully saturated rings. The number of rotatable bonds is 4. The zero-order valence-electron chi connectivity index (χ0n) is 13.2. The molecule has 0 radical (unpaired) electrons. The van der Waals surface area contributed by atoms with Crippen molar-refractivity contribution in [3.63, 3.8) is 0 Å². The number of halogens is 1. The highest BCUT2D eigenvalue weighted by Gasteiger charge is 2.56. The number of anilines is 1. The Morgan fingerprint density at radius 2 is 1.65 bits per heavy atom. The van der Waals surface area contributed by atoms with Gasteiger partial charge in [0.25, 0.3) is 0 Å². The molecule has 4 nitrogen and oxygen atoms in total. The van der Waals surface area contributed by atoms with Crippen LogP contribution < -0.4 is 10.6 Å². The molecule has 2 amide bonds. The Balaban J connectivity index is 1.62. The summed E-state index contributed by atoms with van der Waals surface area (Å²) in [7, 11) is 0. The first kappa shape index (κ1) is 16.3. The summed E-state index contributed by atoms with van der Waals surface area (Å²) in [6.45, 7) is 0. The Labute approximate surface area is 142 Å². The van der Waals surface area contributed by atoms with Gasteiger partial charge in [0.1, 0.15) is 5.41 Å². The molecular formula is C18H23ClN2O2. The number of hydrogen-bond donors (Lipinski definition) is 2. The highest BCUT2D eigenvalue weighted by atomic mass is 35.5. The molecule has 1 aromatic rings. The van der Waals surface area contributed by atoms with Gasteiger partial charge in [-0.15, -0.1) is 0 Å². The Bertz CT molecular complexity index is 590. The van der Waals surface area contributed by atoms with Crippen LogP contribution in [0.25, 0.3) is 0 Å². The van der Waals surface area contributed by atoms with Crippen molar-refractivity contribution in [3.05, 3.63) is 29.3 Å².